The first-order chi connectivity index (χ1) is 30.7. The highest BCUT2D eigenvalue weighted by atomic mass is 32.1. The minimum absolute atomic E-state index is 0.594. The van der Waals surface area contributed by atoms with Crippen LogP contribution in [-0.4, -0.2) is 15.0 Å². The highest BCUT2D eigenvalue weighted by molar-refractivity contribution is 7.26. The Labute approximate surface area is 362 Å². The predicted octanol–water partition coefficient (Wildman–Crippen LogP) is 15.8. The van der Waals surface area contributed by atoms with E-state index >= 15 is 0 Å². The van der Waals surface area contributed by atoms with E-state index in [-0.39, 0.29) is 0 Å². The molecule has 0 fully saturated rings. The Morgan fingerprint density at radius 1 is 0.290 bits per heavy atom. The van der Waals surface area contributed by atoms with Gasteiger partial charge in [0.25, 0.3) is 0 Å². The molecule has 62 heavy (non-hydrogen) atoms. The molecule has 3 aromatic heterocycles. The summed E-state index contributed by atoms with van der Waals surface area (Å²) >= 11 is 1.87. The molecule has 4 nitrogen and oxygen atoms in total. The molecule has 290 valence electrons. The first-order valence-electron chi connectivity index (χ1n) is 20.8. The number of hydrogen-bond donors (Lipinski definition) is 0. The van der Waals surface area contributed by atoms with Crippen molar-refractivity contribution in [3.63, 3.8) is 0 Å². The molecule has 0 aliphatic heterocycles. The van der Waals surface area contributed by atoms with Crippen LogP contribution in [0.3, 0.4) is 0 Å². The van der Waals surface area contributed by atoms with Gasteiger partial charge in [0.05, 0.1) is 0 Å². The van der Waals surface area contributed by atoms with Gasteiger partial charge in [-0.15, -0.1) is 11.3 Å². The van der Waals surface area contributed by atoms with Crippen LogP contribution in [0.5, 0.6) is 0 Å². The lowest BCUT2D eigenvalue weighted by atomic mass is 9.97. The van der Waals surface area contributed by atoms with E-state index in [1.54, 1.807) is 0 Å². The van der Waals surface area contributed by atoms with Crippen LogP contribution in [0.4, 0.5) is 0 Å². The molecular formula is C57H35N3OS. The number of aromatic nitrogens is 3. The number of nitrogens with zero attached hydrogens (tertiary/aromatic N) is 3. The first-order valence-corrected chi connectivity index (χ1v) is 21.6. The third kappa shape index (κ3) is 6.26. The van der Waals surface area contributed by atoms with E-state index in [9.17, 15) is 0 Å². The van der Waals surface area contributed by atoms with Crippen molar-refractivity contribution in [2.75, 3.05) is 0 Å². The number of furan rings is 1. The molecule has 9 aromatic carbocycles. The summed E-state index contributed by atoms with van der Waals surface area (Å²) in [7, 11) is 0. The van der Waals surface area contributed by atoms with E-state index in [0.717, 1.165) is 55.3 Å². The van der Waals surface area contributed by atoms with Crippen molar-refractivity contribution in [1.29, 1.82) is 0 Å². The highest BCUT2D eigenvalue weighted by Gasteiger charge is 2.19. The molecule has 0 atom stereocenters. The quantitative estimate of drug-likeness (QED) is 0.161. The Kier molecular flexibility index (Phi) is 8.65. The standard InChI is InChI=1S/C57H35N3OS/c1-4-14-36(15-5-1)41-20-10-21-43(34-41)45-23-12-25-47-46-24-11-22-44(53(46)62-54(45)47)38-28-30-40(31-29-38)56-58-55(39-18-8-3-9-19-39)59-57(60-56)48-26-13-27-51-52(48)49-35-42(32-33-50(49)61-51)37-16-6-2-7-17-37/h1-35H. The molecule has 0 radical (unpaired) electrons. The first kappa shape index (κ1) is 35.9. The fraction of sp³-hybridized carbons (Fsp3) is 0. The zero-order chi connectivity index (χ0) is 41.0. The summed E-state index contributed by atoms with van der Waals surface area (Å²) in [6, 6.07) is 74.5. The number of fused-ring (bicyclic) bond motifs is 6. The smallest absolute Gasteiger partial charge is 0.164 e. The molecule has 0 unspecified atom stereocenters. The second-order valence-electron chi connectivity index (χ2n) is 15.5. The Balaban J connectivity index is 0.957. The summed E-state index contributed by atoms with van der Waals surface area (Å²) in [4.78, 5) is 15.4. The van der Waals surface area contributed by atoms with Crippen LogP contribution < -0.4 is 0 Å². The molecule has 0 N–H and O–H groups in total. The number of hydrogen-bond acceptors (Lipinski definition) is 5. The Hall–Kier alpha value is -7.99. The summed E-state index contributed by atoms with van der Waals surface area (Å²) in [5, 5.41) is 4.54. The van der Waals surface area contributed by atoms with Crippen LogP contribution in [0, 0.1) is 0 Å². The van der Waals surface area contributed by atoms with Crippen LogP contribution in [0.25, 0.3) is 121 Å². The van der Waals surface area contributed by atoms with E-state index in [0.29, 0.717) is 17.5 Å². The summed E-state index contributed by atoms with van der Waals surface area (Å²) in [5.41, 5.74) is 13.9. The largest absolute Gasteiger partial charge is 0.456 e. The minimum atomic E-state index is 0.594. The van der Waals surface area contributed by atoms with Crippen molar-refractivity contribution in [1.82, 2.24) is 15.0 Å². The van der Waals surface area contributed by atoms with Crippen LogP contribution in [0.1, 0.15) is 0 Å². The van der Waals surface area contributed by atoms with Gasteiger partial charge in [-0.05, 0) is 68.8 Å². The highest BCUT2D eigenvalue weighted by Crippen LogP contribution is 2.45. The molecule has 12 rings (SSSR count). The third-order valence-corrected chi connectivity index (χ3v) is 13.1. The normalized spacial score (nSPS) is 11.5. The van der Waals surface area contributed by atoms with Gasteiger partial charge in [0, 0.05) is 47.6 Å². The second-order valence-corrected chi connectivity index (χ2v) is 16.5. The zero-order valence-electron chi connectivity index (χ0n) is 33.4. The maximum atomic E-state index is 6.42. The fourth-order valence-electron chi connectivity index (χ4n) is 8.74. The molecular weight excluding hydrogens is 775 g/mol. The molecule has 0 saturated carbocycles. The van der Waals surface area contributed by atoms with Crippen molar-refractivity contribution in [3.8, 4) is 78.7 Å². The molecule has 12 aromatic rings. The molecule has 0 saturated heterocycles. The summed E-state index contributed by atoms with van der Waals surface area (Å²) in [6.45, 7) is 0. The SMILES string of the molecule is c1ccc(-c2cccc(-c3cccc4c3sc3c(-c5ccc(-c6nc(-c7ccccc7)nc(-c7cccc8oc9ccc(-c%10ccccc%10)cc9c78)n6)cc5)cccc34)c2)cc1. The lowest BCUT2D eigenvalue weighted by molar-refractivity contribution is 0.669. The van der Waals surface area contributed by atoms with Crippen molar-refractivity contribution >= 4 is 53.4 Å². The average Bonchev–Trinajstić information content (AvgIpc) is 3.93. The van der Waals surface area contributed by atoms with Crippen molar-refractivity contribution in [3.05, 3.63) is 212 Å². The van der Waals surface area contributed by atoms with Crippen LogP contribution in [0.15, 0.2) is 217 Å². The predicted molar refractivity (Wildman–Crippen MR) is 258 cm³/mol. The Morgan fingerprint density at radius 3 is 1.42 bits per heavy atom. The number of thiophene rings is 1. The van der Waals surface area contributed by atoms with Gasteiger partial charge in [0.2, 0.25) is 0 Å². The van der Waals surface area contributed by atoms with Crippen molar-refractivity contribution in [2.24, 2.45) is 0 Å². The van der Waals surface area contributed by atoms with Gasteiger partial charge in [-0.3, -0.25) is 0 Å². The third-order valence-electron chi connectivity index (χ3n) is 11.8. The maximum absolute atomic E-state index is 6.42. The number of benzene rings is 9. The second kappa shape index (κ2) is 14.9. The van der Waals surface area contributed by atoms with E-state index in [2.05, 4.69) is 164 Å². The summed E-state index contributed by atoms with van der Waals surface area (Å²) in [5.74, 6) is 1.82. The van der Waals surface area contributed by atoms with E-state index in [4.69, 9.17) is 19.4 Å². The lowest BCUT2D eigenvalue weighted by Crippen LogP contribution is -2.00. The van der Waals surface area contributed by atoms with Crippen molar-refractivity contribution < 1.29 is 4.42 Å². The van der Waals surface area contributed by atoms with Gasteiger partial charge in [-0.1, -0.05) is 188 Å². The van der Waals surface area contributed by atoms with Gasteiger partial charge in [0.1, 0.15) is 11.2 Å². The Bertz CT molecular complexity index is 3610. The molecule has 0 aliphatic carbocycles. The minimum Gasteiger partial charge on any atom is -0.456 e. The van der Waals surface area contributed by atoms with Crippen LogP contribution in [0.2, 0.25) is 0 Å². The number of rotatable bonds is 7. The van der Waals surface area contributed by atoms with Gasteiger partial charge in [0.15, 0.2) is 17.5 Å². The summed E-state index contributed by atoms with van der Waals surface area (Å²) in [6.07, 6.45) is 0. The Morgan fingerprint density at radius 2 is 0.758 bits per heavy atom. The molecule has 0 amide bonds. The molecule has 0 bridgehead atoms. The molecule has 0 aliphatic rings. The van der Waals surface area contributed by atoms with Crippen LogP contribution in [-0.2, 0) is 0 Å². The fourth-order valence-corrected chi connectivity index (χ4v) is 10.1. The average molecular weight is 810 g/mol. The van der Waals surface area contributed by atoms with Gasteiger partial charge in [-0.2, -0.15) is 0 Å². The maximum Gasteiger partial charge on any atom is 0.164 e. The lowest BCUT2D eigenvalue weighted by Gasteiger charge is -2.10. The van der Waals surface area contributed by atoms with E-state index in [1.165, 1.54) is 48.0 Å². The molecule has 3 heterocycles. The molecule has 0 spiro atoms. The van der Waals surface area contributed by atoms with Gasteiger partial charge < -0.3 is 4.42 Å². The van der Waals surface area contributed by atoms with E-state index < -0.39 is 0 Å². The van der Waals surface area contributed by atoms with E-state index in [1.807, 2.05) is 59.9 Å². The molecule has 5 heteroatoms. The van der Waals surface area contributed by atoms with Crippen LogP contribution >= 0.6 is 11.3 Å². The van der Waals surface area contributed by atoms with Gasteiger partial charge >= 0.3 is 0 Å². The zero-order valence-corrected chi connectivity index (χ0v) is 34.2. The van der Waals surface area contributed by atoms with Crippen molar-refractivity contribution in [2.45, 2.75) is 0 Å². The van der Waals surface area contributed by atoms with Gasteiger partial charge in [-0.25, -0.2) is 15.0 Å². The monoisotopic (exact) mass is 809 g/mol. The summed E-state index contributed by atoms with van der Waals surface area (Å²) < 4.78 is 8.98. The topological polar surface area (TPSA) is 51.8 Å².